The largest absolute Gasteiger partial charge is 0.378 e. The van der Waals surface area contributed by atoms with Gasteiger partial charge in [0, 0.05) is 39.4 Å². The van der Waals surface area contributed by atoms with Crippen LogP contribution in [0.5, 0.6) is 0 Å². The average Bonchev–Trinajstić information content (AvgIpc) is 2.59. The molecule has 7 heteroatoms. The Labute approximate surface area is 156 Å². The van der Waals surface area contributed by atoms with E-state index >= 15 is 0 Å². The van der Waals surface area contributed by atoms with E-state index in [1.165, 1.54) is 4.31 Å². The molecule has 2 N–H and O–H groups in total. The van der Waals surface area contributed by atoms with Crippen molar-refractivity contribution in [3.8, 4) is 0 Å². The molecule has 0 spiro atoms. The molecule has 0 amide bonds. The van der Waals surface area contributed by atoms with Crippen LogP contribution in [0.3, 0.4) is 0 Å². The van der Waals surface area contributed by atoms with Crippen LogP contribution in [-0.2, 0) is 16.4 Å². The molecule has 0 bridgehead atoms. The van der Waals surface area contributed by atoms with E-state index in [1.54, 1.807) is 18.2 Å². The van der Waals surface area contributed by atoms with Gasteiger partial charge in [0.25, 0.3) is 0 Å². The zero-order valence-electron chi connectivity index (χ0n) is 14.6. The van der Waals surface area contributed by atoms with Crippen molar-refractivity contribution in [1.82, 2.24) is 4.31 Å². The first-order valence-corrected chi connectivity index (χ1v) is 9.40. The van der Waals surface area contributed by atoms with Crippen molar-refractivity contribution in [2.45, 2.75) is 11.3 Å². The van der Waals surface area contributed by atoms with E-state index in [1.807, 2.05) is 55.4 Å². The summed E-state index contributed by atoms with van der Waals surface area (Å²) in [5, 5.41) is 0. The highest BCUT2D eigenvalue weighted by molar-refractivity contribution is 7.89. The molecule has 0 unspecified atom stereocenters. The number of nitrogens with zero attached hydrogens (tertiary/aromatic N) is 2. The van der Waals surface area contributed by atoms with Crippen LogP contribution in [-0.4, -0.2) is 46.5 Å². The number of benzene rings is 2. The first kappa shape index (κ1) is 21.4. The van der Waals surface area contributed by atoms with Gasteiger partial charge in [0.2, 0.25) is 10.0 Å². The van der Waals surface area contributed by atoms with Gasteiger partial charge in [-0.05, 0) is 30.2 Å². The molecule has 0 aliphatic heterocycles. The van der Waals surface area contributed by atoms with Crippen LogP contribution in [0.4, 0.5) is 5.69 Å². The predicted octanol–water partition coefficient (Wildman–Crippen LogP) is 2.37. The van der Waals surface area contributed by atoms with Crippen molar-refractivity contribution in [3.63, 3.8) is 0 Å². The number of rotatable bonds is 8. The molecule has 0 radical (unpaired) electrons. The Morgan fingerprint density at radius 2 is 1.64 bits per heavy atom. The maximum absolute atomic E-state index is 13.0. The summed E-state index contributed by atoms with van der Waals surface area (Å²) in [5.41, 5.74) is 7.60. The quantitative estimate of drug-likeness (QED) is 0.759. The van der Waals surface area contributed by atoms with E-state index in [0.29, 0.717) is 31.0 Å². The molecule has 0 aromatic heterocycles. The lowest BCUT2D eigenvalue weighted by molar-refractivity contribution is 0.421. The van der Waals surface area contributed by atoms with E-state index in [9.17, 15) is 8.42 Å². The third-order valence-corrected chi connectivity index (χ3v) is 5.74. The van der Waals surface area contributed by atoms with Gasteiger partial charge in [0.05, 0.1) is 4.90 Å². The molecule has 138 valence electrons. The van der Waals surface area contributed by atoms with Gasteiger partial charge in [-0.2, -0.15) is 4.31 Å². The van der Waals surface area contributed by atoms with Gasteiger partial charge in [-0.1, -0.05) is 36.4 Å². The van der Waals surface area contributed by atoms with Gasteiger partial charge in [0.1, 0.15) is 0 Å². The fourth-order valence-electron chi connectivity index (χ4n) is 2.47. The monoisotopic (exact) mass is 383 g/mol. The molecule has 2 rings (SSSR count). The van der Waals surface area contributed by atoms with Gasteiger partial charge in [0.15, 0.2) is 0 Å². The molecule has 0 aliphatic carbocycles. The second-order valence-corrected chi connectivity index (χ2v) is 7.76. The third-order valence-electron chi connectivity index (χ3n) is 3.84. The van der Waals surface area contributed by atoms with E-state index in [2.05, 4.69) is 0 Å². The minimum atomic E-state index is -3.56. The highest BCUT2D eigenvalue weighted by Gasteiger charge is 2.24. The van der Waals surface area contributed by atoms with Crippen LogP contribution < -0.4 is 10.6 Å². The van der Waals surface area contributed by atoms with Crippen molar-refractivity contribution < 1.29 is 8.42 Å². The Hall–Kier alpha value is -1.60. The molecule has 25 heavy (non-hydrogen) atoms. The smallest absolute Gasteiger partial charge is 0.243 e. The van der Waals surface area contributed by atoms with Crippen molar-refractivity contribution in [2.24, 2.45) is 5.73 Å². The fourth-order valence-corrected chi connectivity index (χ4v) is 3.96. The zero-order valence-corrected chi connectivity index (χ0v) is 16.3. The number of hydrogen-bond donors (Lipinski definition) is 1. The molecule has 0 heterocycles. The highest BCUT2D eigenvalue weighted by Crippen LogP contribution is 2.21. The number of halogens is 1. The maximum atomic E-state index is 13.0. The number of nitrogens with two attached hydrogens (primary N) is 1. The summed E-state index contributed by atoms with van der Waals surface area (Å²) >= 11 is 0. The van der Waals surface area contributed by atoms with Gasteiger partial charge in [-0.3, -0.25) is 0 Å². The van der Waals surface area contributed by atoms with Gasteiger partial charge in [-0.25, -0.2) is 8.42 Å². The molecular weight excluding hydrogens is 358 g/mol. The van der Waals surface area contributed by atoms with Crippen LogP contribution in [0.1, 0.15) is 5.56 Å². The standard InChI is InChI=1S/C18H25N3O2S.ClH/c1-20(2)17-9-6-10-18(15-17)24(22,23)21(14-12-19)13-11-16-7-4-3-5-8-16;/h3-10,15H,11-14,19H2,1-2H3;1H. The van der Waals surface area contributed by atoms with Crippen LogP contribution in [0, 0.1) is 0 Å². The number of sulfonamides is 1. The lowest BCUT2D eigenvalue weighted by Crippen LogP contribution is -2.37. The molecule has 0 fully saturated rings. The summed E-state index contributed by atoms with van der Waals surface area (Å²) in [7, 11) is 0.213. The molecular formula is C18H26ClN3O2S. The normalized spacial score (nSPS) is 11.2. The zero-order chi connectivity index (χ0) is 17.6. The topological polar surface area (TPSA) is 66.6 Å². The third kappa shape index (κ3) is 5.71. The van der Waals surface area contributed by atoms with Crippen LogP contribution in [0.25, 0.3) is 0 Å². The molecule has 5 nitrogen and oxygen atoms in total. The van der Waals surface area contributed by atoms with E-state index in [-0.39, 0.29) is 12.4 Å². The van der Waals surface area contributed by atoms with Crippen LogP contribution in [0.2, 0.25) is 0 Å². The minimum Gasteiger partial charge on any atom is -0.378 e. The predicted molar refractivity (Wildman–Crippen MR) is 106 cm³/mol. The molecule has 0 aliphatic rings. The summed E-state index contributed by atoms with van der Waals surface area (Å²) in [5.74, 6) is 0. The number of anilines is 1. The van der Waals surface area contributed by atoms with Gasteiger partial charge >= 0.3 is 0 Å². The molecule has 2 aromatic carbocycles. The van der Waals surface area contributed by atoms with E-state index in [0.717, 1.165) is 11.3 Å². The average molecular weight is 384 g/mol. The SMILES string of the molecule is CN(C)c1cccc(S(=O)(=O)N(CCN)CCc2ccccc2)c1.Cl. The molecule has 0 atom stereocenters. The van der Waals surface area contributed by atoms with Crippen molar-refractivity contribution >= 4 is 28.1 Å². The van der Waals surface area contributed by atoms with E-state index in [4.69, 9.17) is 5.73 Å². The maximum Gasteiger partial charge on any atom is 0.243 e. The Morgan fingerprint density at radius 1 is 0.960 bits per heavy atom. The second kappa shape index (κ2) is 9.77. The Bertz CT molecular complexity index is 752. The molecule has 2 aromatic rings. The summed E-state index contributed by atoms with van der Waals surface area (Å²) in [4.78, 5) is 2.19. The summed E-state index contributed by atoms with van der Waals surface area (Å²) in [6.45, 7) is 1.01. The first-order valence-electron chi connectivity index (χ1n) is 7.96. The lowest BCUT2D eigenvalue weighted by atomic mass is 10.1. The molecule has 0 saturated heterocycles. The van der Waals surface area contributed by atoms with Crippen LogP contribution >= 0.6 is 12.4 Å². The van der Waals surface area contributed by atoms with Gasteiger partial charge < -0.3 is 10.6 Å². The first-order chi connectivity index (χ1) is 11.4. The van der Waals surface area contributed by atoms with Crippen molar-refractivity contribution in [3.05, 3.63) is 60.2 Å². The Balaban J connectivity index is 0.00000312. The fraction of sp³-hybridized carbons (Fsp3) is 0.333. The minimum absolute atomic E-state index is 0. The van der Waals surface area contributed by atoms with E-state index < -0.39 is 10.0 Å². The number of hydrogen-bond acceptors (Lipinski definition) is 4. The summed E-state index contributed by atoms with van der Waals surface area (Å²) < 4.78 is 27.4. The highest BCUT2D eigenvalue weighted by atomic mass is 35.5. The van der Waals surface area contributed by atoms with Crippen molar-refractivity contribution in [1.29, 1.82) is 0 Å². The van der Waals surface area contributed by atoms with Crippen molar-refractivity contribution in [2.75, 3.05) is 38.6 Å². The summed E-state index contributed by atoms with van der Waals surface area (Å²) in [6, 6.07) is 16.8. The van der Waals surface area contributed by atoms with Gasteiger partial charge in [-0.15, -0.1) is 12.4 Å². The summed E-state index contributed by atoms with van der Waals surface area (Å²) in [6.07, 6.45) is 0.660. The lowest BCUT2D eigenvalue weighted by Gasteiger charge is -2.22. The Morgan fingerprint density at radius 3 is 2.24 bits per heavy atom. The second-order valence-electron chi connectivity index (χ2n) is 5.82. The molecule has 0 saturated carbocycles. The Kier molecular flexibility index (Phi) is 8.38. The van der Waals surface area contributed by atoms with Crippen LogP contribution in [0.15, 0.2) is 59.5 Å².